The molecule has 0 fully saturated rings. The zero-order chi connectivity index (χ0) is 15.7. The number of rotatable bonds is 4. The van der Waals surface area contributed by atoms with Gasteiger partial charge in [-0.3, -0.25) is 4.79 Å². The van der Waals surface area contributed by atoms with Gasteiger partial charge in [0, 0.05) is 18.3 Å². The number of aromatic nitrogens is 3. The zero-order valence-electron chi connectivity index (χ0n) is 11.3. The van der Waals surface area contributed by atoms with Crippen LogP contribution in [-0.4, -0.2) is 25.6 Å². The lowest BCUT2D eigenvalue weighted by Crippen LogP contribution is -2.06. The number of imidazole rings is 1. The second-order valence-corrected chi connectivity index (χ2v) is 5.17. The van der Waals surface area contributed by atoms with Crippen LogP contribution in [0.5, 0.6) is 0 Å². The molecule has 112 valence electrons. The summed E-state index contributed by atoms with van der Waals surface area (Å²) < 4.78 is 15.1. The number of halogens is 2. The third-order valence-corrected chi connectivity index (χ3v) is 3.39. The van der Waals surface area contributed by atoms with Crippen LogP contribution in [0.3, 0.4) is 0 Å². The second-order valence-electron chi connectivity index (χ2n) is 4.74. The summed E-state index contributed by atoms with van der Waals surface area (Å²) in [5.74, 6) is -0.855. The smallest absolute Gasteiger partial charge is 0.305 e. The Balaban J connectivity index is 2.18. The fourth-order valence-electron chi connectivity index (χ4n) is 2.25. The molecule has 0 aliphatic heterocycles. The summed E-state index contributed by atoms with van der Waals surface area (Å²) in [7, 11) is 0. The van der Waals surface area contributed by atoms with E-state index in [1.54, 1.807) is 22.8 Å². The maximum absolute atomic E-state index is 13.5. The van der Waals surface area contributed by atoms with Crippen molar-refractivity contribution < 1.29 is 14.3 Å². The van der Waals surface area contributed by atoms with E-state index in [4.69, 9.17) is 16.7 Å². The minimum absolute atomic E-state index is 0.0852. The van der Waals surface area contributed by atoms with E-state index in [2.05, 4.69) is 9.97 Å². The summed E-state index contributed by atoms with van der Waals surface area (Å²) in [5, 5.41) is 9.33. The summed E-state index contributed by atoms with van der Waals surface area (Å²) in [6, 6.07) is 7.61. The van der Waals surface area contributed by atoms with Crippen LogP contribution in [0.25, 0.3) is 22.6 Å². The molecule has 3 aromatic rings. The summed E-state index contributed by atoms with van der Waals surface area (Å²) in [5.41, 5.74) is 1.61. The van der Waals surface area contributed by atoms with E-state index in [0.717, 1.165) is 0 Å². The number of hydrogen-bond acceptors (Lipinski definition) is 3. The monoisotopic (exact) mass is 319 g/mol. The van der Waals surface area contributed by atoms with Crippen LogP contribution < -0.4 is 0 Å². The average Bonchev–Trinajstić information content (AvgIpc) is 2.82. The van der Waals surface area contributed by atoms with Crippen LogP contribution in [0.15, 0.2) is 36.5 Å². The van der Waals surface area contributed by atoms with Gasteiger partial charge in [0.1, 0.15) is 17.2 Å². The van der Waals surface area contributed by atoms with Gasteiger partial charge in [-0.1, -0.05) is 23.7 Å². The minimum atomic E-state index is -0.930. The highest BCUT2D eigenvalue weighted by atomic mass is 35.5. The first-order chi connectivity index (χ1) is 10.5. The molecule has 5 nitrogen and oxygen atoms in total. The summed E-state index contributed by atoms with van der Waals surface area (Å²) in [4.78, 5) is 19.5. The van der Waals surface area contributed by atoms with Crippen LogP contribution in [0.1, 0.15) is 6.42 Å². The molecular weight excluding hydrogens is 309 g/mol. The fourth-order valence-corrected chi connectivity index (χ4v) is 2.41. The molecule has 2 heterocycles. The SMILES string of the molecule is O=C(O)CCn1c(-c2cccc(F)c2)nc2cc(Cl)cnc21. The molecule has 7 heteroatoms. The molecule has 1 N–H and O–H groups in total. The van der Waals surface area contributed by atoms with E-state index in [9.17, 15) is 9.18 Å². The molecule has 0 atom stereocenters. The van der Waals surface area contributed by atoms with Crippen molar-refractivity contribution in [3.8, 4) is 11.4 Å². The Bertz CT molecular complexity index is 863. The van der Waals surface area contributed by atoms with E-state index >= 15 is 0 Å². The van der Waals surface area contributed by atoms with Gasteiger partial charge in [-0.05, 0) is 18.2 Å². The molecule has 0 radical (unpaired) electrons. The van der Waals surface area contributed by atoms with Crippen LogP contribution in [-0.2, 0) is 11.3 Å². The fraction of sp³-hybridized carbons (Fsp3) is 0.133. The molecule has 0 bridgehead atoms. The van der Waals surface area contributed by atoms with Crippen molar-refractivity contribution in [1.82, 2.24) is 14.5 Å². The first-order valence-electron chi connectivity index (χ1n) is 6.54. The van der Waals surface area contributed by atoms with Crippen molar-refractivity contribution in [3.05, 3.63) is 47.4 Å². The number of carbonyl (C=O) groups is 1. The Morgan fingerprint density at radius 1 is 1.36 bits per heavy atom. The molecule has 0 aliphatic rings. The predicted octanol–water partition coefficient (Wildman–Crippen LogP) is 3.37. The third-order valence-electron chi connectivity index (χ3n) is 3.18. The number of fused-ring (bicyclic) bond motifs is 1. The van der Waals surface area contributed by atoms with Gasteiger partial charge in [-0.2, -0.15) is 0 Å². The molecule has 0 amide bonds. The van der Waals surface area contributed by atoms with Gasteiger partial charge in [-0.25, -0.2) is 14.4 Å². The standard InChI is InChI=1S/C15H11ClFN3O2/c16-10-7-12-15(18-8-10)20(5-4-13(21)22)14(19-12)9-2-1-3-11(17)6-9/h1-3,6-8H,4-5H2,(H,21,22). The highest BCUT2D eigenvalue weighted by Gasteiger charge is 2.15. The average molecular weight is 320 g/mol. The molecule has 0 saturated heterocycles. The van der Waals surface area contributed by atoms with E-state index in [1.165, 1.54) is 18.3 Å². The van der Waals surface area contributed by atoms with Crippen LogP contribution in [0.2, 0.25) is 5.02 Å². The van der Waals surface area contributed by atoms with Gasteiger partial charge < -0.3 is 9.67 Å². The van der Waals surface area contributed by atoms with Gasteiger partial charge in [-0.15, -0.1) is 0 Å². The number of benzene rings is 1. The molecule has 2 aromatic heterocycles. The van der Waals surface area contributed by atoms with Crippen molar-refractivity contribution in [3.63, 3.8) is 0 Å². The zero-order valence-corrected chi connectivity index (χ0v) is 12.1. The Morgan fingerprint density at radius 3 is 2.91 bits per heavy atom. The number of pyridine rings is 1. The van der Waals surface area contributed by atoms with Crippen molar-refractivity contribution in [1.29, 1.82) is 0 Å². The number of carboxylic acids is 1. The number of nitrogens with zero attached hydrogens (tertiary/aromatic N) is 3. The third kappa shape index (κ3) is 2.78. The van der Waals surface area contributed by atoms with Gasteiger partial charge in [0.25, 0.3) is 0 Å². The minimum Gasteiger partial charge on any atom is -0.481 e. The highest BCUT2D eigenvalue weighted by molar-refractivity contribution is 6.31. The van der Waals surface area contributed by atoms with Crippen LogP contribution in [0.4, 0.5) is 4.39 Å². The summed E-state index contributed by atoms with van der Waals surface area (Å²) >= 11 is 5.91. The first kappa shape index (κ1) is 14.5. The van der Waals surface area contributed by atoms with Gasteiger partial charge in [0.2, 0.25) is 0 Å². The summed E-state index contributed by atoms with van der Waals surface area (Å²) in [6.07, 6.45) is 1.39. The molecule has 0 saturated carbocycles. The highest BCUT2D eigenvalue weighted by Crippen LogP contribution is 2.26. The molecule has 0 aliphatic carbocycles. The van der Waals surface area contributed by atoms with Crippen molar-refractivity contribution in [2.24, 2.45) is 0 Å². The Hall–Kier alpha value is -2.47. The Morgan fingerprint density at radius 2 is 2.18 bits per heavy atom. The van der Waals surface area contributed by atoms with Crippen molar-refractivity contribution in [2.45, 2.75) is 13.0 Å². The lowest BCUT2D eigenvalue weighted by atomic mass is 10.2. The quantitative estimate of drug-likeness (QED) is 0.800. The number of aryl methyl sites for hydroxylation is 1. The van der Waals surface area contributed by atoms with Crippen molar-refractivity contribution in [2.75, 3.05) is 0 Å². The van der Waals surface area contributed by atoms with E-state index < -0.39 is 5.97 Å². The molecule has 0 unspecified atom stereocenters. The number of aliphatic carboxylic acids is 1. The van der Waals surface area contributed by atoms with Crippen molar-refractivity contribution >= 4 is 28.7 Å². The molecular formula is C15H11ClFN3O2. The predicted molar refractivity (Wildman–Crippen MR) is 80.2 cm³/mol. The molecule has 1 aromatic carbocycles. The van der Waals surface area contributed by atoms with Crippen LogP contribution >= 0.6 is 11.6 Å². The lowest BCUT2D eigenvalue weighted by molar-refractivity contribution is -0.137. The molecule has 0 spiro atoms. The normalized spacial score (nSPS) is 11.0. The first-order valence-corrected chi connectivity index (χ1v) is 6.92. The molecule has 3 rings (SSSR count). The number of hydrogen-bond donors (Lipinski definition) is 1. The van der Waals surface area contributed by atoms with E-state index in [1.807, 2.05) is 0 Å². The second kappa shape index (κ2) is 5.73. The summed E-state index contributed by atoms with van der Waals surface area (Å²) in [6.45, 7) is 0.187. The van der Waals surface area contributed by atoms with E-state index in [0.29, 0.717) is 27.6 Å². The Kier molecular flexibility index (Phi) is 3.77. The largest absolute Gasteiger partial charge is 0.481 e. The van der Waals surface area contributed by atoms with Gasteiger partial charge >= 0.3 is 5.97 Å². The van der Waals surface area contributed by atoms with E-state index in [-0.39, 0.29) is 18.8 Å². The lowest BCUT2D eigenvalue weighted by Gasteiger charge is -2.07. The topological polar surface area (TPSA) is 68.0 Å². The van der Waals surface area contributed by atoms with Gasteiger partial charge in [0.05, 0.1) is 11.4 Å². The van der Waals surface area contributed by atoms with Gasteiger partial charge in [0.15, 0.2) is 5.65 Å². The number of carboxylic acid groups (broad SMARTS) is 1. The Labute approximate surface area is 130 Å². The maximum atomic E-state index is 13.5. The molecule has 22 heavy (non-hydrogen) atoms. The van der Waals surface area contributed by atoms with Crippen LogP contribution in [0, 0.1) is 5.82 Å². The maximum Gasteiger partial charge on any atom is 0.305 e.